The smallest absolute Gasteiger partial charge is 0.156 e. The van der Waals surface area contributed by atoms with E-state index in [1.807, 2.05) is 0 Å². The molecule has 0 bridgehead atoms. The monoisotopic (exact) mass is 316 g/mol. The van der Waals surface area contributed by atoms with Gasteiger partial charge in [-0.25, -0.2) is 8.42 Å². The Balaban J connectivity index is 2.11. The first-order valence-electron chi connectivity index (χ1n) is 8.10. The Morgan fingerprint density at radius 3 is 2.24 bits per heavy atom. The molecule has 0 spiro atoms. The van der Waals surface area contributed by atoms with E-state index in [0.29, 0.717) is 6.54 Å². The van der Waals surface area contributed by atoms with Crippen molar-refractivity contribution in [3.05, 3.63) is 0 Å². The highest BCUT2D eigenvalue weighted by molar-refractivity contribution is 7.92. The summed E-state index contributed by atoms with van der Waals surface area (Å²) in [5.41, 5.74) is 0.169. The van der Waals surface area contributed by atoms with E-state index in [1.165, 1.54) is 12.8 Å². The maximum absolute atomic E-state index is 12.4. The number of hydrogen-bond donors (Lipinski definition) is 1. The summed E-state index contributed by atoms with van der Waals surface area (Å²) < 4.78 is 24.2. The lowest BCUT2D eigenvalue weighted by Crippen LogP contribution is -2.68. The molecule has 0 aromatic heterocycles. The van der Waals surface area contributed by atoms with Crippen molar-refractivity contribution in [2.45, 2.75) is 70.2 Å². The van der Waals surface area contributed by atoms with Gasteiger partial charge < -0.3 is 5.32 Å². The highest BCUT2D eigenvalue weighted by atomic mass is 32.2. The standard InChI is InChI=1S/C16H32N2O2S/c1-14(2,3)21(19,20)10-9-18-12-15(4,5)17-11-16(18,6)13-7-8-13/h13,17H,7-12H2,1-6H3. The van der Waals surface area contributed by atoms with Crippen molar-refractivity contribution in [1.82, 2.24) is 10.2 Å². The maximum Gasteiger partial charge on any atom is 0.156 e. The van der Waals surface area contributed by atoms with E-state index >= 15 is 0 Å². The number of nitrogens with zero attached hydrogens (tertiary/aromatic N) is 1. The summed E-state index contributed by atoms with van der Waals surface area (Å²) in [7, 11) is -3.05. The van der Waals surface area contributed by atoms with E-state index in [1.54, 1.807) is 20.8 Å². The van der Waals surface area contributed by atoms with Gasteiger partial charge in [-0.2, -0.15) is 0 Å². The van der Waals surface area contributed by atoms with Crippen molar-refractivity contribution < 1.29 is 8.42 Å². The lowest BCUT2D eigenvalue weighted by Gasteiger charge is -2.52. The van der Waals surface area contributed by atoms with Crippen LogP contribution in [0.1, 0.15) is 54.4 Å². The predicted molar refractivity (Wildman–Crippen MR) is 88.3 cm³/mol. The quantitative estimate of drug-likeness (QED) is 0.862. The fourth-order valence-electron chi connectivity index (χ4n) is 3.22. The van der Waals surface area contributed by atoms with Crippen molar-refractivity contribution in [2.75, 3.05) is 25.4 Å². The van der Waals surface area contributed by atoms with Crippen molar-refractivity contribution >= 4 is 9.84 Å². The molecule has 1 saturated heterocycles. The molecule has 2 fully saturated rings. The lowest BCUT2D eigenvalue weighted by molar-refractivity contribution is 0.0169. The van der Waals surface area contributed by atoms with Gasteiger partial charge in [-0.15, -0.1) is 0 Å². The molecule has 1 aliphatic heterocycles. The highest BCUT2D eigenvalue weighted by Crippen LogP contribution is 2.44. The molecular weight excluding hydrogens is 284 g/mol. The summed E-state index contributed by atoms with van der Waals surface area (Å²) in [5, 5.41) is 3.64. The van der Waals surface area contributed by atoms with Gasteiger partial charge in [0.15, 0.2) is 9.84 Å². The molecule has 5 heteroatoms. The molecule has 0 aromatic rings. The van der Waals surface area contributed by atoms with E-state index in [-0.39, 0.29) is 16.8 Å². The molecule has 2 aliphatic rings. The molecular formula is C16H32N2O2S. The van der Waals surface area contributed by atoms with Crippen LogP contribution in [0.3, 0.4) is 0 Å². The minimum Gasteiger partial charge on any atom is -0.309 e. The van der Waals surface area contributed by atoms with Crippen molar-refractivity contribution in [3.8, 4) is 0 Å². The van der Waals surface area contributed by atoms with Crippen LogP contribution in [0.25, 0.3) is 0 Å². The van der Waals surface area contributed by atoms with Crippen LogP contribution in [0, 0.1) is 5.92 Å². The van der Waals surface area contributed by atoms with Crippen LogP contribution in [0.5, 0.6) is 0 Å². The van der Waals surface area contributed by atoms with Gasteiger partial charge in [0, 0.05) is 30.7 Å². The predicted octanol–water partition coefficient (Wildman–Crippen LogP) is 2.05. The largest absolute Gasteiger partial charge is 0.309 e. The van der Waals surface area contributed by atoms with Gasteiger partial charge in [0.25, 0.3) is 0 Å². The second kappa shape index (κ2) is 5.20. The van der Waals surface area contributed by atoms with E-state index < -0.39 is 14.6 Å². The fourth-order valence-corrected chi connectivity index (χ4v) is 4.30. The van der Waals surface area contributed by atoms with E-state index in [0.717, 1.165) is 19.0 Å². The molecule has 0 radical (unpaired) electrons. The summed E-state index contributed by atoms with van der Waals surface area (Å²) in [4.78, 5) is 2.43. The van der Waals surface area contributed by atoms with Gasteiger partial charge in [-0.05, 0) is 60.3 Å². The Kier molecular flexibility index (Phi) is 4.27. The van der Waals surface area contributed by atoms with Crippen LogP contribution < -0.4 is 5.32 Å². The second-order valence-corrected chi connectivity index (χ2v) is 11.6. The van der Waals surface area contributed by atoms with Crippen LogP contribution in [0.15, 0.2) is 0 Å². The number of piperazine rings is 1. The van der Waals surface area contributed by atoms with Gasteiger partial charge in [0.05, 0.1) is 10.5 Å². The van der Waals surface area contributed by atoms with Gasteiger partial charge in [0.2, 0.25) is 0 Å². The van der Waals surface area contributed by atoms with Crippen LogP contribution in [0.2, 0.25) is 0 Å². The molecule has 1 aliphatic carbocycles. The topological polar surface area (TPSA) is 49.4 Å². The van der Waals surface area contributed by atoms with Crippen molar-refractivity contribution in [2.24, 2.45) is 5.92 Å². The zero-order chi connectivity index (χ0) is 16.1. The number of nitrogens with one attached hydrogen (secondary N) is 1. The third kappa shape index (κ3) is 3.62. The number of rotatable bonds is 4. The van der Waals surface area contributed by atoms with Crippen LogP contribution in [-0.4, -0.2) is 54.5 Å². The number of hydrogen-bond acceptors (Lipinski definition) is 4. The van der Waals surface area contributed by atoms with Crippen LogP contribution in [0.4, 0.5) is 0 Å². The Bertz CT molecular complexity index is 489. The molecule has 1 N–H and O–H groups in total. The minimum atomic E-state index is -3.05. The van der Waals surface area contributed by atoms with E-state index in [4.69, 9.17) is 0 Å². The average molecular weight is 317 g/mol. The molecule has 1 saturated carbocycles. The van der Waals surface area contributed by atoms with Crippen molar-refractivity contribution in [1.29, 1.82) is 0 Å². The molecule has 1 atom stereocenters. The molecule has 2 rings (SSSR count). The first kappa shape index (κ1) is 17.2. The van der Waals surface area contributed by atoms with E-state index in [9.17, 15) is 8.42 Å². The molecule has 0 aromatic carbocycles. The lowest BCUT2D eigenvalue weighted by atomic mass is 9.86. The SMILES string of the molecule is CC1(C)CN(CCS(=O)(=O)C(C)(C)C)C(C)(C2CC2)CN1. The third-order valence-electron chi connectivity index (χ3n) is 5.25. The van der Waals surface area contributed by atoms with Gasteiger partial charge in [0.1, 0.15) is 0 Å². The summed E-state index contributed by atoms with van der Waals surface area (Å²) in [6, 6.07) is 0. The summed E-state index contributed by atoms with van der Waals surface area (Å²) in [6.45, 7) is 14.6. The van der Waals surface area contributed by atoms with E-state index in [2.05, 4.69) is 31.0 Å². The zero-order valence-corrected chi connectivity index (χ0v) is 15.3. The van der Waals surface area contributed by atoms with Gasteiger partial charge >= 0.3 is 0 Å². The molecule has 0 amide bonds. The second-order valence-electron chi connectivity index (χ2n) is 8.72. The molecule has 124 valence electrons. The Morgan fingerprint density at radius 1 is 1.19 bits per heavy atom. The van der Waals surface area contributed by atoms with Crippen molar-refractivity contribution in [3.63, 3.8) is 0 Å². The first-order chi connectivity index (χ1) is 9.37. The summed E-state index contributed by atoms with van der Waals surface area (Å²) >= 11 is 0. The highest BCUT2D eigenvalue weighted by Gasteiger charge is 2.50. The summed E-state index contributed by atoms with van der Waals surface area (Å²) in [6.07, 6.45) is 2.56. The molecule has 1 heterocycles. The van der Waals surface area contributed by atoms with Crippen LogP contribution in [-0.2, 0) is 9.84 Å². The Hall–Kier alpha value is -0.130. The average Bonchev–Trinajstić information content (AvgIpc) is 3.13. The first-order valence-corrected chi connectivity index (χ1v) is 9.75. The Labute approximate surface area is 130 Å². The summed E-state index contributed by atoms with van der Waals surface area (Å²) in [5.74, 6) is 0.980. The third-order valence-corrected chi connectivity index (χ3v) is 7.84. The molecule has 21 heavy (non-hydrogen) atoms. The normalized spacial score (nSPS) is 31.3. The fraction of sp³-hybridized carbons (Fsp3) is 1.00. The minimum absolute atomic E-state index is 0.0555. The number of sulfone groups is 1. The maximum atomic E-state index is 12.4. The Morgan fingerprint density at radius 2 is 1.76 bits per heavy atom. The molecule has 4 nitrogen and oxygen atoms in total. The van der Waals surface area contributed by atoms with Crippen LogP contribution >= 0.6 is 0 Å². The van der Waals surface area contributed by atoms with Gasteiger partial charge in [-0.3, -0.25) is 4.90 Å². The zero-order valence-electron chi connectivity index (χ0n) is 14.5. The molecule has 1 unspecified atom stereocenters. The van der Waals surface area contributed by atoms with Gasteiger partial charge in [-0.1, -0.05) is 0 Å².